The van der Waals surface area contributed by atoms with Gasteiger partial charge in [-0.3, -0.25) is 4.57 Å². The van der Waals surface area contributed by atoms with Crippen LogP contribution in [0.25, 0.3) is 0 Å². The first kappa shape index (κ1) is 20.6. The molecule has 7 N–H and O–H groups in total. The zero-order valence-electron chi connectivity index (χ0n) is 11.8. The predicted octanol–water partition coefficient (Wildman–Crippen LogP) is -2.26. The SMILES string of the molecule is Nc1ccn([C@@H]2O[C@H](CO)[C@@H](O)[C@H]2O)c(=O)n1.O=[P+](O)O[P+](=O)O. The van der Waals surface area contributed by atoms with E-state index in [1.54, 1.807) is 0 Å². The van der Waals surface area contributed by atoms with Crippen molar-refractivity contribution in [3.63, 3.8) is 0 Å². The van der Waals surface area contributed by atoms with Gasteiger partial charge in [-0.25, -0.2) is 4.79 Å². The first-order valence-corrected chi connectivity index (χ1v) is 8.41. The lowest BCUT2D eigenvalue weighted by Gasteiger charge is -2.16. The van der Waals surface area contributed by atoms with Gasteiger partial charge in [-0.15, -0.1) is 9.79 Å². The van der Waals surface area contributed by atoms with Gasteiger partial charge in [-0.1, -0.05) is 0 Å². The number of nitrogen functional groups attached to an aromatic ring is 1. The van der Waals surface area contributed by atoms with Crippen molar-refractivity contribution in [3.05, 3.63) is 22.7 Å². The first-order valence-electron chi connectivity index (χ1n) is 6.14. The largest absolute Gasteiger partial charge is 0.745 e. The smallest absolute Gasteiger partial charge is 0.394 e. The van der Waals surface area contributed by atoms with Crippen LogP contribution in [0.5, 0.6) is 0 Å². The Labute approximate surface area is 135 Å². The summed E-state index contributed by atoms with van der Waals surface area (Å²) >= 11 is 0. The van der Waals surface area contributed by atoms with Crippen LogP contribution < -0.4 is 11.4 Å². The Kier molecular flexibility index (Phi) is 7.90. The molecule has 0 aliphatic carbocycles. The fourth-order valence-electron chi connectivity index (χ4n) is 1.79. The number of hydrogen-bond acceptors (Lipinski definition) is 10. The third-order valence-corrected chi connectivity index (χ3v) is 3.90. The number of anilines is 1. The third kappa shape index (κ3) is 5.60. The zero-order chi connectivity index (χ0) is 18.4. The minimum Gasteiger partial charge on any atom is -0.394 e. The summed E-state index contributed by atoms with van der Waals surface area (Å²) < 4.78 is 28.4. The molecule has 1 aliphatic rings. The molecule has 1 saturated heterocycles. The van der Waals surface area contributed by atoms with Crippen molar-refractivity contribution in [2.24, 2.45) is 0 Å². The van der Waals surface area contributed by atoms with Gasteiger partial charge in [0.05, 0.1) is 6.61 Å². The van der Waals surface area contributed by atoms with Crippen molar-refractivity contribution in [2.75, 3.05) is 12.3 Å². The average Bonchev–Trinajstić information content (AvgIpc) is 2.74. The van der Waals surface area contributed by atoms with E-state index in [0.717, 1.165) is 4.57 Å². The van der Waals surface area contributed by atoms with E-state index in [2.05, 4.69) is 9.29 Å². The maximum Gasteiger partial charge on any atom is 0.745 e. The Balaban J connectivity index is 0.000000351. The van der Waals surface area contributed by atoms with Crippen LogP contribution in [0.1, 0.15) is 6.23 Å². The van der Waals surface area contributed by atoms with Crippen LogP contribution in [0.4, 0.5) is 5.82 Å². The van der Waals surface area contributed by atoms with E-state index >= 15 is 0 Å². The number of aliphatic hydroxyl groups excluding tert-OH is 3. The van der Waals surface area contributed by atoms with Crippen molar-refractivity contribution in [1.29, 1.82) is 0 Å². The second-order valence-electron chi connectivity index (χ2n) is 4.33. The highest BCUT2D eigenvalue weighted by atomic mass is 31.2. The fraction of sp³-hybridized carbons (Fsp3) is 0.556. The molecule has 0 bridgehead atoms. The minimum atomic E-state index is -2.92. The fourth-order valence-corrected chi connectivity index (χ4v) is 2.27. The molecule has 2 heterocycles. The Morgan fingerprint density at radius 3 is 2.25 bits per heavy atom. The van der Waals surface area contributed by atoms with Gasteiger partial charge in [-0.05, 0) is 6.07 Å². The summed E-state index contributed by atoms with van der Waals surface area (Å²) in [6.07, 6.45) is -3.27. The molecule has 0 radical (unpaired) electrons. The second-order valence-corrected chi connectivity index (χ2v) is 5.93. The van der Waals surface area contributed by atoms with Gasteiger partial charge in [0.15, 0.2) is 10.5 Å². The molecule has 0 saturated carbocycles. The van der Waals surface area contributed by atoms with Crippen molar-refractivity contribution in [1.82, 2.24) is 9.55 Å². The van der Waals surface area contributed by atoms with Crippen LogP contribution in [0, 0.1) is 0 Å². The summed E-state index contributed by atoms with van der Waals surface area (Å²) in [4.78, 5) is 30.3. The molecule has 1 fully saturated rings. The van der Waals surface area contributed by atoms with Gasteiger partial charge in [-0.2, -0.15) is 4.98 Å². The van der Waals surface area contributed by atoms with Gasteiger partial charge in [0.2, 0.25) is 0 Å². The molecule has 2 rings (SSSR count). The van der Waals surface area contributed by atoms with E-state index in [1.165, 1.54) is 12.3 Å². The lowest BCUT2D eigenvalue weighted by Crippen LogP contribution is -2.36. The van der Waals surface area contributed by atoms with Gasteiger partial charge in [0.25, 0.3) is 0 Å². The second kappa shape index (κ2) is 9.18. The summed E-state index contributed by atoms with van der Waals surface area (Å²) in [5.74, 6) is 0.0537. The molecule has 15 heteroatoms. The molecular formula is C9H15N3O10P2+2. The monoisotopic (exact) mass is 387 g/mol. The van der Waals surface area contributed by atoms with E-state index in [1.807, 2.05) is 0 Å². The minimum absolute atomic E-state index is 0.0537. The maximum absolute atomic E-state index is 11.5. The van der Waals surface area contributed by atoms with Crippen molar-refractivity contribution >= 4 is 22.3 Å². The number of hydrogen-bond donors (Lipinski definition) is 6. The number of nitrogens with zero attached hydrogens (tertiary/aromatic N) is 2. The number of aromatic nitrogens is 2. The van der Waals surface area contributed by atoms with E-state index in [9.17, 15) is 24.1 Å². The third-order valence-electron chi connectivity index (χ3n) is 2.78. The zero-order valence-corrected chi connectivity index (χ0v) is 13.6. The Hall–Kier alpha value is -1.40. The molecule has 24 heavy (non-hydrogen) atoms. The molecule has 134 valence electrons. The highest BCUT2D eigenvalue weighted by molar-refractivity contribution is 7.46. The standard InChI is InChI=1S/C9H13N3O5.O5P2/c10-5-1-2-12(9(16)11-5)8-7(15)6(14)4(3-13)17-8;1-6(2)5-7(3)4/h1-2,4,6-8,13-15H,3H2,(H2,10,11,16);/p+2/t4-,6-,7-,8-;/m1./s1. The Morgan fingerprint density at radius 1 is 1.29 bits per heavy atom. The lowest BCUT2D eigenvalue weighted by molar-refractivity contribution is -0.0549. The molecule has 2 unspecified atom stereocenters. The lowest BCUT2D eigenvalue weighted by atomic mass is 10.1. The molecule has 1 aromatic heterocycles. The highest BCUT2D eigenvalue weighted by Gasteiger charge is 2.43. The van der Waals surface area contributed by atoms with Crippen molar-refractivity contribution in [3.8, 4) is 0 Å². The van der Waals surface area contributed by atoms with Gasteiger partial charge in [0.1, 0.15) is 24.1 Å². The summed E-state index contributed by atoms with van der Waals surface area (Å²) in [5, 5.41) is 28.2. The highest BCUT2D eigenvalue weighted by Crippen LogP contribution is 2.30. The number of ether oxygens (including phenoxy) is 1. The topological polar surface area (TPSA) is 215 Å². The van der Waals surface area contributed by atoms with Crippen LogP contribution in [0.15, 0.2) is 17.1 Å². The van der Waals surface area contributed by atoms with E-state index in [0.29, 0.717) is 0 Å². The van der Waals surface area contributed by atoms with Crippen LogP contribution in [-0.4, -0.2) is 59.6 Å². The van der Waals surface area contributed by atoms with Gasteiger partial charge < -0.3 is 25.8 Å². The van der Waals surface area contributed by atoms with Crippen molar-refractivity contribution in [2.45, 2.75) is 24.5 Å². The molecule has 0 amide bonds. The van der Waals surface area contributed by atoms with Gasteiger partial charge >= 0.3 is 22.2 Å². The molecule has 1 aromatic rings. The molecule has 0 aromatic carbocycles. The number of nitrogens with two attached hydrogens (primary N) is 1. The molecular weight excluding hydrogens is 372 g/mol. The van der Waals surface area contributed by atoms with Crippen LogP contribution >= 0.6 is 16.5 Å². The van der Waals surface area contributed by atoms with Crippen LogP contribution in [0.2, 0.25) is 0 Å². The Morgan fingerprint density at radius 2 is 1.88 bits per heavy atom. The number of rotatable bonds is 4. The van der Waals surface area contributed by atoms with Crippen LogP contribution in [0.3, 0.4) is 0 Å². The summed E-state index contributed by atoms with van der Waals surface area (Å²) in [7, 11) is -5.85. The quantitative estimate of drug-likeness (QED) is 0.302. The first-order chi connectivity index (χ1) is 11.2. The summed E-state index contributed by atoms with van der Waals surface area (Å²) in [6.45, 7) is -0.453. The maximum atomic E-state index is 11.5. The predicted molar refractivity (Wildman–Crippen MR) is 76.7 cm³/mol. The average molecular weight is 387 g/mol. The van der Waals surface area contributed by atoms with Gasteiger partial charge in [0, 0.05) is 15.3 Å². The molecule has 1 aliphatic heterocycles. The molecule has 0 spiro atoms. The molecule has 6 atom stereocenters. The summed E-state index contributed by atoms with van der Waals surface area (Å²) in [6, 6.07) is 1.37. The van der Waals surface area contributed by atoms with E-state index in [-0.39, 0.29) is 5.82 Å². The van der Waals surface area contributed by atoms with E-state index in [4.69, 9.17) is 25.4 Å². The normalized spacial score (nSPS) is 27.2. The van der Waals surface area contributed by atoms with Crippen molar-refractivity contribution < 1.29 is 43.3 Å². The molecule has 13 nitrogen and oxygen atoms in total. The van der Waals surface area contributed by atoms with E-state index < -0.39 is 53.3 Å². The summed E-state index contributed by atoms with van der Waals surface area (Å²) in [5.41, 5.74) is 4.63. The van der Waals surface area contributed by atoms with Crippen LogP contribution in [-0.2, 0) is 18.2 Å². The number of aliphatic hydroxyl groups is 3. The Bertz CT molecular complexity index is 643.